The third kappa shape index (κ3) is 3.85. The van der Waals surface area contributed by atoms with Gasteiger partial charge in [0.25, 0.3) is 0 Å². The van der Waals surface area contributed by atoms with Crippen LogP contribution in [0.2, 0.25) is 0 Å². The predicted octanol–water partition coefficient (Wildman–Crippen LogP) is 3.55. The molecule has 0 spiro atoms. The Morgan fingerprint density at radius 2 is 2.06 bits per heavy atom. The molecule has 3 nitrogen and oxygen atoms in total. The molecule has 0 aliphatic carbocycles. The van der Waals surface area contributed by atoms with Gasteiger partial charge in [0, 0.05) is 10.9 Å². The fourth-order valence-corrected chi connectivity index (χ4v) is 1.55. The Hall–Kier alpha value is -1.03. The van der Waals surface area contributed by atoms with E-state index in [9.17, 15) is 4.79 Å². The Morgan fingerprint density at radius 1 is 1.31 bits per heavy atom. The molecule has 0 N–H and O–H groups in total. The van der Waals surface area contributed by atoms with Gasteiger partial charge in [0.2, 0.25) is 0 Å². The molecular weight excluding hydrogens is 272 g/mol. The Morgan fingerprint density at radius 3 is 2.69 bits per heavy atom. The van der Waals surface area contributed by atoms with Crippen LogP contribution in [0.3, 0.4) is 0 Å². The highest BCUT2D eigenvalue weighted by molar-refractivity contribution is 9.10. The second kappa shape index (κ2) is 6.53. The average Bonchev–Trinajstić information content (AvgIpc) is 2.23. The summed E-state index contributed by atoms with van der Waals surface area (Å²) in [6.07, 6.45) is 1.20. The van der Waals surface area contributed by atoms with Crippen molar-refractivity contribution in [2.45, 2.75) is 26.7 Å². The molecule has 0 aliphatic rings. The van der Waals surface area contributed by atoms with E-state index in [1.54, 1.807) is 12.1 Å². The van der Waals surface area contributed by atoms with Crippen LogP contribution < -0.4 is 9.47 Å². The van der Waals surface area contributed by atoms with E-state index in [1.807, 2.05) is 19.9 Å². The second-order valence-electron chi connectivity index (χ2n) is 3.25. The standard InChI is InChI=1S/C12H15BrO3/c1-3-5-12(14)16-10-7-6-9(13)8-11(10)15-4-2/h6-8H,3-5H2,1-2H3. The van der Waals surface area contributed by atoms with E-state index >= 15 is 0 Å². The highest BCUT2D eigenvalue weighted by Crippen LogP contribution is 2.30. The van der Waals surface area contributed by atoms with Crippen LogP contribution in [0.15, 0.2) is 22.7 Å². The van der Waals surface area contributed by atoms with E-state index in [0.29, 0.717) is 24.5 Å². The Kier molecular flexibility index (Phi) is 5.32. The molecule has 0 bridgehead atoms. The fourth-order valence-electron chi connectivity index (χ4n) is 1.21. The van der Waals surface area contributed by atoms with Crippen molar-refractivity contribution < 1.29 is 14.3 Å². The van der Waals surface area contributed by atoms with Crippen molar-refractivity contribution in [3.63, 3.8) is 0 Å². The number of carbonyl (C=O) groups is 1. The molecule has 1 rings (SSSR count). The summed E-state index contributed by atoms with van der Waals surface area (Å²) in [5.74, 6) is 0.829. The van der Waals surface area contributed by atoms with Gasteiger partial charge in [0.15, 0.2) is 11.5 Å². The SMILES string of the molecule is CCCC(=O)Oc1ccc(Br)cc1OCC. The molecule has 0 atom stereocenters. The zero-order chi connectivity index (χ0) is 12.0. The van der Waals surface area contributed by atoms with E-state index in [4.69, 9.17) is 9.47 Å². The second-order valence-corrected chi connectivity index (χ2v) is 4.16. The molecule has 0 fully saturated rings. The minimum atomic E-state index is -0.231. The first kappa shape index (κ1) is 13.0. The first-order valence-electron chi connectivity index (χ1n) is 5.30. The van der Waals surface area contributed by atoms with Gasteiger partial charge < -0.3 is 9.47 Å². The van der Waals surface area contributed by atoms with Crippen molar-refractivity contribution in [3.8, 4) is 11.5 Å². The van der Waals surface area contributed by atoms with Crippen LogP contribution in [0.25, 0.3) is 0 Å². The number of benzene rings is 1. The number of halogens is 1. The van der Waals surface area contributed by atoms with Crippen LogP contribution in [0.1, 0.15) is 26.7 Å². The van der Waals surface area contributed by atoms with Crippen molar-refractivity contribution in [2.75, 3.05) is 6.61 Å². The van der Waals surface area contributed by atoms with Crippen LogP contribution in [0, 0.1) is 0 Å². The molecule has 0 heterocycles. The molecule has 88 valence electrons. The number of carbonyl (C=O) groups excluding carboxylic acids is 1. The lowest BCUT2D eigenvalue weighted by atomic mass is 10.3. The molecule has 0 radical (unpaired) electrons. The topological polar surface area (TPSA) is 35.5 Å². The normalized spacial score (nSPS) is 9.94. The fraction of sp³-hybridized carbons (Fsp3) is 0.417. The molecule has 1 aromatic rings. The molecule has 0 unspecified atom stereocenters. The lowest BCUT2D eigenvalue weighted by Crippen LogP contribution is -2.08. The summed E-state index contributed by atoms with van der Waals surface area (Å²) in [6, 6.07) is 5.33. The van der Waals surface area contributed by atoms with Gasteiger partial charge in [-0.2, -0.15) is 0 Å². The third-order valence-electron chi connectivity index (χ3n) is 1.88. The van der Waals surface area contributed by atoms with Crippen LogP contribution in [0.4, 0.5) is 0 Å². The highest BCUT2D eigenvalue weighted by Gasteiger charge is 2.09. The summed E-state index contributed by atoms with van der Waals surface area (Å²) in [5, 5.41) is 0. The monoisotopic (exact) mass is 286 g/mol. The van der Waals surface area contributed by atoms with Gasteiger partial charge in [-0.3, -0.25) is 4.79 Å². The van der Waals surface area contributed by atoms with Crippen LogP contribution in [0.5, 0.6) is 11.5 Å². The van der Waals surface area contributed by atoms with Gasteiger partial charge in [-0.25, -0.2) is 0 Å². The molecule has 0 saturated heterocycles. The number of hydrogen-bond donors (Lipinski definition) is 0. The maximum atomic E-state index is 11.4. The lowest BCUT2D eigenvalue weighted by molar-refractivity contribution is -0.134. The zero-order valence-electron chi connectivity index (χ0n) is 9.46. The van der Waals surface area contributed by atoms with Gasteiger partial charge in [0.1, 0.15) is 0 Å². The molecule has 4 heteroatoms. The van der Waals surface area contributed by atoms with Gasteiger partial charge in [-0.15, -0.1) is 0 Å². The van der Waals surface area contributed by atoms with Gasteiger partial charge >= 0.3 is 5.97 Å². The summed E-state index contributed by atoms with van der Waals surface area (Å²) in [7, 11) is 0. The highest BCUT2D eigenvalue weighted by atomic mass is 79.9. The van der Waals surface area contributed by atoms with Crippen molar-refractivity contribution in [3.05, 3.63) is 22.7 Å². The molecular formula is C12H15BrO3. The first-order chi connectivity index (χ1) is 7.67. The molecule has 0 saturated carbocycles. The van der Waals surface area contributed by atoms with Gasteiger partial charge in [0.05, 0.1) is 6.61 Å². The van der Waals surface area contributed by atoms with Crippen molar-refractivity contribution in [1.82, 2.24) is 0 Å². The van der Waals surface area contributed by atoms with Crippen molar-refractivity contribution in [1.29, 1.82) is 0 Å². The minimum Gasteiger partial charge on any atom is -0.490 e. The summed E-state index contributed by atoms with van der Waals surface area (Å²) in [5.41, 5.74) is 0. The van der Waals surface area contributed by atoms with E-state index < -0.39 is 0 Å². The Labute approximate surface area is 104 Å². The van der Waals surface area contributed by atoms with Crippen molar-refractivity contribution in [2.24, 2.45) is 0 Å². The summed E-state index contributed by atoms with van der Waals surface area (Å²) in [6.45, 7) is 4.36. The quantitative estimate of drug-likeness (QED) is 0.613. The van der Waals surface area contributed by atoms with E-state index in [2.05, 4.69) is 15.9 Å². The number of rotatable bonds is 5. The van der Waals surface area contributed by atoms with E-state index in [-0.39, 0.29) is 5.97 Å². The van der Waals surface area contributed by atoms with Gasteiger partial charge in [-0.1, -0.05) is 22.9 Å². The largest absolute Gasteiger partial charge is 0.490 e. The molecule has 16 heavy (non-hydrogen) atoms. The Balaban J connectivity index is 2.81. The zero-order valence-corrected chi connectivity index (χ0v) is 11.0. The number of esters is 1. The molecule has 1 aromatic carbocycles. The molecule has 0 aromatic heterocycles. The van der Waals surface area contributed by atoms with Gasteiger partial charge in [-0.05, 0) is 31.5 Å². The average molecular weight is 287 g/mol. The summed E-state index contributed by atoms with van der Waals surface area (Å²) < 4.78 is 11.5. The van der Waals surface area contributed by atoms with Crippen LogP contribution >= 0.6 is 15.9 Å². The summed E-state index contributed by atoms with van der Waals surface area (Å²) in [4.78, 5) is 11.4. The Bertz CT molecular complexity index is 363. The maximum absolute atomic E-state index is 11.4. The summed E-state index contributed by atoms with van der Waals surface area (Å²) >= 11 is 3.34. The number of hydrogen-bond acceptors (Lipinski definition) is 3. The number of ether oxygens (including phenoxy) is 2. The lowest BCUT2D eigenvalue weighted by Gasteiger charge is -2.10. The van der Waals surface area contributed by atoms with E-state index in [1.165, 1.54) is 0 Å². The van der Waals surface area contributed by atoms with Crippen LogP contribution in [-0.4, -0.2) is 12.6 Å². The van der Waals surface area contributed by atoms with Crippen molar-refractivity contribution >= 4 is 21.9 Å². The maximum Gasteiger partial charge on any atom is 0.311 e. The minimum absolute atomic E-state index is 0.231. The first-order valence-corrected chi connectivity index (χ1v) is 6.09. The van der Waals surface area contributed by atoms with Crippen LogP contribution in [-0.2, 0) is 4.79 Å². The smallest absolute Gasteiger partial charge is 0.311 e. The molecule has 0 amide bonds. The molecule has 0 aliphatic heterocycles. The van der Waals surface area contributed by atoms with E-state index in [0.717, 1.165) is 10.9 Å². The third-order valence-corrected chi connectivity index (χ3v) is 2.38. The predicted molar refractivity (Wildman–Crippen MR) is 65.9 cm³/mol.